The second kappa shape index (κ2) is 11.7. The van der Waals surface area contributed by atoms with Crippen LogP contribution in [0.25, 0.3) is 5.65 Å². The summed E-state index contributed by atoms with van der Waals surface area (Å²) in [5.74, 6) is 1.14. The zero-order valence-electron chi connectivity index (χ0n) is 25.9. The average Bonchev–Trinajstić information content (AvgIpc) is 3.75. The van der Waals surface area contributed by atoms with E-state index in [-0.39, 0.29) is 41.6 Å². The number of hydrogen-bond acceptors (Lipinski definition) is 9. The van der Waals surface area contributed by atoms with E-state index in [9.17, 15) is 9.59 Å². The van der Waals surface area contributed by atoms with Crippen molar-refractivity contribution in [3.8, 4) is 5.75 Å². The summed E-state index contributed by atoms with van der Waals surface area (Å²) in [4.78, 5) is 33.2. The number of aromatic nitrogens is 4. The first-order valence-electron chi connectivity index (χ1n) is 16.3. The van der Waals surface area contributed by atoms with E-state index in [0.717, 1.165) is 63.0 Å². The van der Waals surface area contributed by atoms with Crippen LogP contribution in [-0.2, 0) is 15.9 Å². The Morgan fingerprint density at radius 1 is 1.13 bits per heavy atom. The highest BCUT2D eigenvalue weighted by Gasteiger charge is 2.48. The van der Waals surface area contributed by atoms with Crippen LogP contribution in [0, 0.1) is 5.92 Å². The Bertz CT molecular complexity index is 1810. The average molecular weight is 626 g/mol. The molecule has 240 valence electrons. The number of imidazole rings is 1. The molecule has 1 aromatic carbocycles. The van der Waals surface area contributed by atoms with Crippen molar-refractivity contribution < 1.29 is 19.0 Å². The van der Waals surface area contributed by atoms with Crippen LogP contribution >= 0.6 is 0 Å². The van der Waals surface area contributed by atoms with Crippen LogP contribution in [0.2, 0.25) is 0 Å². The molecule has 8 rings (SSSR count). The molecule has 4 aromatic rings. The van der Waals surface area contributed by atoms with Gasteiger partial charge in [-0.25, -0.2) is 9.50 Å². The number of fused-ring (bicyclic) bond motifs is 4. The molecule has 3 aliphatic heterocycles. The van der Waals surface area contributed by atoms with Gasteiger partial charge in [-0.05, 0) is 80.7 Å². The first kappa shape index (κ1) is 29.0. The molecule has 3 saturated heterocycles. The number of nitrogens with zero attached hydrogens (tertiary/aromatic N) is 5. The van der Waals surface area contributed by atoms with Gasteiger partial charge >= 0.3 is 0 Å². The lowest BCUT2D eigenvalue weighted by atomic mass is 9.75. The number of carbonyl (C=O) groups is 1. The summed E-state index contributed by atoms with van der Waals surface area (Å²) in [7, 11) is 1.66. The zero-order chi connectivity index (χ0) is 31.4. The molecule has 12 heteroatoms. The lowest BCUT2D eigenvalue weighted by Crippen LogP contribution is -2.56. The maximum atomic E-state index is 13.8. The third-order valence-electron chi connectivity index (χ3n) is 10.3. The highest BCUT2D eigenvalue weighted by atomic mass is 16.5. The fourth-order valence-corrected chi connectivity index (χ4v) is 7.87. The van der Waals surface area contributed by atoms with Crippen LogP contribution in [0.3, 0.4) is 0 Å². The Labute approximate surface area is 266 Å². The number of rotatable bonds is 10. The van der Waals surface area contributed by atoms with Crippen molar-refractivity contribution in [2.45, 2.75) is 75.3 Å². The number of benzene rings is 1. The largest absolute Gasteiger partial charge is 0.497 e. The van der Waals surface area contributed by atoms with Crippen LogP contribution in [0.4, 0.5) is 17.2 Å². The second-order valence-electron chi connectivity index (χ2n) is 13.0. The van der Waals surface area contributed by atoms with Gasteiger partial charge in [0.05, 0.1) is 43.3 Å². The molecular weight excluding hydrogens is 586 g/mol. The maximum absolute atomic E-state index is 13.8. The van der Waals surface area contributed by atoms with Crippen molar-refractivity contribution >= 4 is 28.7 Å². The molecule has 1 aliphatic carbocycles. The molecule has 2 bridgehead atoms. The van der Waals surface area contributed by atoms with Gasteiger partial charge in [0, 0.05) is 31.5 Å². The molecule has 1 saturated carbocycles. The predicted octanol–water partition coefficient (Wildman–Crippen LogP) is 3.85. The van der Waals surface area contributed by atoms with Crippen LogP contribution < -0.4 is 26.2 Å². The summed E-state index contributed by atoms with van der Waals surface area (Å²) < 4.78 is 20.9. The first-order chi connectivity index (χ1) is 22.4. The Morgan fingerprint density at radius 2 is 1.93 bits per heavy atom. The van der Waals surface area contributed by atoms with E-state index in [1.54, 1.807) is 13.2 Å². The fraction of sp³-hybridized carbons (Fsp3) is 0.471. The number of nitrogens with one attached hydrogen (secondary N) is 1. The molecule has 12 nitrogen and oxygen atoms in total. The van der Waals surface area contributed by atoms with Gasteiger partial charge in [0.1, 0.15) is 17.1 Å². The minimum Gasteiger partial charge on any atom is -0.497 e. The second-order valence-corrected chi connectivity index (χ2v) is 13.0. The van der Waals surface area contributed by atoms with E-state index >= 15 is 0 Å². The highest BCUT2D eigenvalue weighted by Crippen LogP contribution is 2.44. The van der Waals surface area contributed by atoms with Crippen LogP contribution in [0.15, 0.2) is 59.7 Å². The summed E-state index contributed by atoms with van der Waals surface area (Å²) in [5, 5.41) is 8.01. The molecular formula is C34H39N7O5. The van der Waals surface area contributed by atoms with Crippen molar-refractivity contribution in [3.63, 3.8) is 0 Å². The summed E-state index contributed by atoms with van der Waals surface area (Å²) in [6, 6.07) is 13.9. The normalized spacial score (nSPS) is 26.5. The predicted molar refractivity (Wildman–Crippen MR) is 172 cm³/mol. The minimum atomic E-state index is -0.632. The number of nitrogens with two attached hydrogens (primary N) is 1. The number of amides is 1. The van der Waals surface area contributed by atoms with Gasteiger partial charge in [-0.2, -0.15) is 0 Å². The molecule has 4 fully saturated rings. The number of pyridine rings is 1. The summed E-state index contributed by atoms with van der Waals surface area (Å²) in [6.45, 7) is 1.45. The number of ether oxygens (including phenoxy) is 3. The molecule has 2 unspecified atom stereocenters. The van der Waals surface area contributed by atoms with Crippen molar-refractivity contribution in [2.24, 2.45) is 11.7 Å². The monoisotopic (exact) mass is 625 g/mol. The quantitative estimate of drug-likeness (QED) is 0.269. The molecule has 0 radical (unpaired) electrons. The molecule has 0 spiro atoms. The molecule has 3 N–H and O–H groups in total. The van der Waals surface area contributed by atoms with Crippen LogP contribution in [-0.4, -0.2) is 69.7 Å². The minimum absolute atomic E-state index is 0.0908. The van der Waals surface area contributed by atoms with Crippen molar-refractivity contribution in [3.05, 3.63) is 76.5 Å². The molecule has 4 aliphatic rings. The van der Waals surface area contributed by atoms with Gasteiger partial charge in [-0.1, -0.05) is 12.1 Å². The third-order valence-corrected chi connectivity index (χ3v) is 10.3. The van der Waals surface area contributed by atoms with Crippen LogP contribution in [0.1, 0.15) is 60.6 Å². The summed E-state index contributed by atoms with van der Waals surface area (Å²) in [6.07, 6.45) is 10.5. The fourth-order valence-electron chi connectivity index (χ4n) is 7.87. The molecule has 3 aromatic heterocycles. The Balaban J connectivity index is 1.16. The topological polar surface area (TPSA) is 138 Å². The standard InChI is InChI=1S/C34H39N7O5/c1-44-23-6-4-20(5-7-23)10-13-40(27-15-21-11-14-45-31(21)27)28-18-30(38-41-29(32(35)42)19-36-33(28)41)37-26-3-2-12-39(34(26)43)22-16-24-8-9-25(17-22)46-24/h2-7,12,18-19,21-22,24-25,27,31H,8-11,13-17H2,1H3,(H2,35,42)(H,37,38)/t21-,22?,24?,25?,27-,31-/m1/s1. The number of carbonyl (C=O) groups excluding carboxylic acids is 1. The van der Waals surface area contributed by atoms with Crippen molar-refractivity contribution in [2.75, 3.05) is 30.5 Å². The lowest BCUT2D eigenvalue weighted by Gasteiger charge is -2.47. The van der Waals surface area contributed by atoms with E-state index in [4.69, 9.17) is 25.0 Å². The first-order valence-corrected chi connectivity index (χ1v) is 16.3. The third kappa shape index (κ3) is 5.19. The Kier molecular flexibility index (Phi) is 7.41. The van der Waals surface area contributed by atoms with Gasteiger partial charge in [-0.3, -0.25) is 9.59 Å². The van der Waals surface area contributed by atoms with Crippen molar-refractivity contribution in [1.29, 1.82) is 0 Å². The van der Waals surface area contributed by atoms with E-state index in [1.165, 1.54) is 16.3 Å². The summed E-state index contributed by atoms with van der Waals surface area (Å²) in [5.41, 5.74) is 8.73. The number of anilines is 3. The van der Waals surface area contributed by atoms with Gasteiger partial charge < -0.3 is 34.7 Å². The molecule has 6 heterocycles. The van der Waals surface area contributed by atoms with E-state index in [1.807, 2.05) is 35.0 Å². The number of methoxy groups -OCH3 is 1. The Hall–Kier alpha value is -4.42. The smallest absolute Gasteiger partial charge is 0.274 e. The number of primary amides is 1. The number of hydrogen-bond donors (Lipinski definition) is 2. The van der Waals surface area contributed by atoms with E-state index < -0.39 is 5.91 Å². The highest BCUT2D eigenvalue weighted by molar-refractivity contribution is 5.92. The van der Waals surface area contributed by atoms with Gasteiger partial charge in [0.15, 0.2) is 11.5 Å². The Morgan fingerprint density at radius 3 is 2.67 bits per heavy atom. The molecule has 1 amide bonds. The van der Waals surface area contributed by atoms with E-state index in [2.05, 4.69) is 27.3 Å². The molecule has 46 heavy (non-hydrogen) atoms. The lowest BCUT2D eigenvalue weighted by molar-refractivity contribution is -0.0164. The van der Waals surface area contributed by atoms with E-state index in [0.29, 0.717) is 29.6 Å². The summed E-state index contributed by atoms with van der Waals surface area (Å²) >= 11 is 0. The van der Waals surface area contributed by atoms with Gasteiger partial charge in [0.2, 0.25) is 0 Å². The maximum Gasteiger partial charge on any atom is 0.274 e. The molecule has 5 atom stereocenters. The van der Waals surface area contributed by atoms with Crippen molar-refractivity contribution in [1.82, 2.24) is 19.2 Å². The zero-order valence-corrected chi connectivity index (χ0v) is 25.9. The van der Waals surface area contributed by atoms with Crippen LogP contribution in [0.5, 0.6) is 5.75 Å². The van der Waals surface area contributed by atoms with Gasteiger partial charge in [0.25, 0.3) is 11.5 Å². The van der Waals surface area contributed by atoms with Gasteiger partial charge in [-0.15, -0.1) is 5.10 Å². The SMILES string of the molecule is COc1ccc(CCN(c2cc(Nc3cccn(C4CC5CCC(C4)O5)c3=O)nn3c(C(N)=O)cnc23)[C@@H]2C[C@H]3CCO[C@H]32)cc1.